The van der Waals surface area contributed by atoms with Crippen molar-refractivity contribution >= 4 is 0 Å². The van der Waals surface area contributed by atoms with Crippen LogP contribution in [0, 0.1) is 6.92 Å². The van der Waals surface area contributed by atoms with Gasteiger partial charge in [-0.1, -0.05) is 31.2 Å². The van der Waals surface area contributed by atoms with Crippen LogP contribution < -0.4 is 5.32 Å². The van der Waals surface area contributed by atoms with Crippen molar-refractivity contribution in [1.82, 2.24) is 10.3 Å². The van der Waals surface area contributed by atoms with E-state index in [1.165, 1.54) is 22.3 Å². The molecule has 0 radical (unpaired) electrons. The van der Waals surface area contributed by atoms with Crippen molar-refractivity contribution in [2.45, 2.75) is 20.3 Å². The average molecular weight is 240 g/mol. The summed E-state index contributed by atoms with van der Waals surface area (Å²) >= 11 is 0. The van der Waals surface area contributed by atoms with Gasteiger partial charge in [-0.15, -0.1) is 0 Å². The molecule has 1 N–H and O–H groups in total. The van der Waals surface area contributed by atoms with Gasteiger partial charge >= 0.3 is 0 Å². The Balaban J connectivity index is 2.21. The molecule has 0 aliphatic carbocycles. The Morgan fingerprint density at radius 1 is 1.17 bits per heavy atom. The van der Waals surface area contributed by atoms with Gasteiger partial charge in [0, 0.05) is 12.4 Å². The number of aryl methyl sites for hydroxylation is 1. The SMILES string of the molecule is CCNCCc1cc(-c2cccnc2)ccc1C. The molecule has 2 nitrogen and oxygen atoms in total. The Hall–Kier alpha value is -1.67. The number of nitrogens with one attached hydrogen (secondary N) is 1. The first-order chi connectivity index (χ1) is 8.81. The number of rotatable bonds is 5. The van der Waals surface area contributed by atoms with E-state index in [1.807, 2.05) is 18.5 Å². The van der Waals surface area contributed by atoms with Gasteiger partial charge in [-0.25, -0.2) is 0 Å². The molecule has 1 aromatic heterocycles. The van der Waals surface area contributed by atoms with Crippen LogP contribution in [0.3, 0.4) is 0 Å². The molecule has 0 atom stereocenters. The first-order valence-electron chi connectivity index (χ1n) is 6.52. The number of benzene rings is 1. The molecule has 1 aromatic carbocycles. The number of nitrogens with zero attached hydrogens (tertiary/aromatic N) is 1. The zero-order valence-electron chi connectivity index (χ0n) is 11.1. The standard InChI is InChI=1S/C16H20N2/c1-3-17-10-8-14-11-15(7-6-13(14)2)16-5-4-9-18-12-16/h4-7,9,11-12,17H,3,8,10H2,1-2H3. The molecule has 0 aliphatic heterocycles. The average Bonchev–Trinajstić information content (AvgIpc) is 2.42. The Morgan fingerprint density at radius 2 is 2.06 bits per heavy atom. The van der Waals surface area contributed by atoms with Crippen LogP contribution in [0.15, 0.2) is 42.7 Å². The molecule has 0 saturated carbocycles. The van der Waals surface area contributed by atoms with E-state index >= 15 is 0 Å². The first kappa shape index (κ1) is 12.8. The number of aromatic nitrogens is 1. The fourth-order valence-corrected chi connectivity index (χ4v) is 2.05. The highest BCUT2D eigenvalue weighted by atomic mass is 14.8. The topological polar surface area (TPSA) is 24.9 Å². The van der Waals surface area contributed by atoms with E-state index in [4.69, 9.17) is 0 Å². The molecule has 0 amide bonds. The molecular formula is C16H20N2. The lowest BCUT2D eigenvalue weighted by Gasteiger charge is -2.09. The third-order valence-electron chi connectivity index (χ3n) is 3.17. The summed E-state index contributed by atoms with van der Waals surface area (Å²) in [5.74, 6) is 0. The molecule has 2 rings (SSSR count). The third-order valence-corrected chi connectivity index (χ3v) is 3.17. The quantitative estimate of drug-likeness (QED) is 0.812. The molecule has 18 heavy (non-hydrogen) atoms. The van der Waals surface area contributed by atoms with Gasteiger partial charge in [0.25, 0.3) is 0 Å². The van der Waals surface area contributed by atoms with Crippen LogP contribution in [0.25, 0.3) is 11.1 Å². The molecule has 0 spiro atoms. The predicted octanol–water partition coefficient (Wildman–Crippen LogP) is 3.21. The summed E-state index contributed by atoms with van der Waals surface area (Å²) in [5, 5.41) is 3.37. The number of hydrogen-bond donors (Lipinski definition) is 1. The highest BCUT2D eigenvalue weighted by Crippen LogP contribution is 2.21. The van der Waals surface area contributed by atoms with Crippen LogP contribution in [0.1, 0.15) is 18.1 Å². The summed E-state index contributed by atoms with van der Waals surface area (Å²) in [7, 11) is 0. The number of pyridine rings is 1. The number of likely N-dealkylation sites (N-methyl/N-ethyl adjacent to an activating group) is 1. The maximum absolute atomic E-state index is 4.18. The van der Waals surface area contributed by atoms with Crippen molar-refractivity contribution in [1.29, 1.82) is 0 Å². The Labute approximate surface area is 109 Å². The van der Waals surface area contributed by atoms with Gasteiger partial charge in [-0.05, 0) is 54.8 Å². The van der Waals surface area contributed by atoms with E-state index in [0.717, 1.165) is 19.5 Å². The van der Waals surface area contributed by atoms with E-state index in [0.29, 0.717) is 0 Å². The zero-order valence-corrected chi connectivity index (χ0v) is 11.1. The molecule has 0 aliphatic rings. The fraction of sp³-hybridized carbons (Fsp3) is 0.312. The maximum atomic E-state index is 4.18. The van der Waals surface area contributed by atoms with Gasteiger partial charge in [-0.3, -0.25) is 4.98 Å². The summed E-state index contributed by atoms with van der Waals surface area (Å²) < 4.78 is 0. The van der Waals surface area contributed by atoms with Crippen molar-refractivity contribution in [2.75, 3.05) is 13.1 Å². The second-order valence-corrected chi connectivity index (χ2v) is 4.49. The van der Waals surface area contributed by atoms with Crippen LogP contribution in [0.2, 0.25) is 0 Å². The minimum Gasteiger partial charge on any atom is -0.317 e. The Bertz CT molecular complexity index is 492. The van der Waals surface area contributed by atoms with Crippen LogP contribution in [-0.4, -0.2) is 18.1 Å². The van der Waals surface area contributed by atoms with Gasteiger partial charge in [0.15, 0.2) is 0 Å². The molecule has 2 aromatic rings. The molecular weight excluding hydrogens is 220 g/mol. The summed E-state index contributed by atoms with van der Waals surface area (Å²) in [5.41, 5.74) is 5.21. The predicted molar refractivity (Wildman–Crippen MR) is 76.7 cm³/mol. The second kappa shape index (κ2) is 6.31. The molecule has 2 heteroatoms. The largest absolute Gasteiger partial charge is 0.317 e. The second-order valence-electron chi connectivity index (χ2n) is 4.49. The van der Waals surface area contributed by atoms with Crippen LogP contribution >= 0.6 is 0 Å². The molecule has 0 fully saturated rings. The van der Waals surface area contributed by atoms with Gasteiger partial charge in [0.1, 0.15) is 0 Å². The smallest absolute Gasteiger partial charge is 0.0346 e. The normalized spacial score (nSPS) is 10.6. The van der Waals surface area contributed by atoms with E-state index in [9.17, 15) is 0 Å². The lowest BCUT2D eigenvalue weighted by atomic mass is 9.99. The minimum absolute atomic E-state index is 1.03. The lowest BCUT2D eigenvalue weighted by molar-refractivity contribution is 0.715. The Morgan fingerprint density at radius 3 is 2.78 bits per heavy atom. The summed E-state index contributed by atoms with van der Waals surface area (Å²) in [6, 6.07) is 10.7. The molecule has 0 saturated heterocycles. The van der Waals surface area contributed by atoms with Crippen LogP contribution in [-0.2, 0) is 6.42 Å². The molecule has 0 bridgehead atoms. The van der Waals surface area contributed by atoms with Gasteiger partial charge in [0.05, 0.1) is 0 Å². The van der Waals surface area contributed by atoms with Gasteiger partial charge in [-0.2, -0.15) is 0 Å². The van der Waals surface area contributed by atoms with Crippen molar-refractivity contribution in [3.05, 3.63) is 53.9 Å². The Kier molecular flexibility index (Phi) is 4.48. The summed E-state index contributed by atoms with van der Waals surface area (Å²) in [6.07, 6.45) is 4.80. The minimum atomic E-state index is 1.03. The van der Waals surface area contributed by atoms with E-state index in [1.54, 1.807) is 0 Å². The monoisotopic (exact) mass is 240 g/mol. The van der Waals surface area contributed by atoms with Crippen molar-refractivity contribution in [3.63, 3.8) is 0 Å². The van der Waals surface area contributed by atoms with E-state index in [2.05, 4.69) is 48.4 Å². The first-order valence-corrected chi connectivity index (χ1v) is 6.52. The molecule has 94 valence electrons. The van der Waals surface area contributed by atoms with Gasteiger partial charge < -0.3 is 5.32 Å². The fourth-order valence-electron chi connectivity index (χ4n) is 2.05. The summed E-state index contributed by atoms with van der Waals surface area (Å²) in [4.78, 5) is 4.18. The molecule has 0 unspecified atom stereocenters. The van der Waals surface area contributed by atoms with Crippen LogP contribution in [0.5, 0.6) is 0 Å². The lowest BCUT2D eigenvalue weighted by Crippen LogP contribution is -2.16. The third kappa shape index (κ3) is 3.17. The van der Waals surface area contributed by atoms with Crippen molar-refractivity contribution < 1.29 is 0 Å². The van der Waals surface area contributed by atoms with Gasteiger partial charge in [0.2, 0.25) is 0 Å². The highest BCUT2D eigenvalue weighted by Gasteiger charge is 2.02. The number of hydrogen-bond acceptors (Lipinski definition) is 2. The molecule has 1 heterocycles. The zero-order chi connectivity index (χ0) is 12.8. The summed E-state index contributed by atoms with van der Waals surface area (Å²) in [6.45, 7) is 6.38. The maximum Gasteiger partial charge on any atom is 0.0346 e. The van der Waals surface area contributed by atoms with Crippen molar-refractivity contribution in [3.8, 4) is 11.1 Å². The van der Waals surface area contributed by atoms with E-state index in [-0.39, 0.29) is 0 Å². The van der Waals surface area contributed by atoms with E-state index < -0.39 is 0 Å². The van der Waals surface area contributed by atoms with Crippen LogP contribution in [0.4, 0.5) is 0 Å². The van der Waals surface area contributed by atoms with Crippen molar-refractivity contribution in [2.24, 2.45) is 0 Å². The highest BCUT2D eigenvalue weighted by molar-refractivity contribution is 5.63.